The molecular formula is C32H64O8Si7. The maximum atomic E-state index is 10.4. The van der Waals surface area contributed by atoms with Crippen LogP contribution in [0.4, 0.5) is 0 Å². The molecule has 2 atom stereocenters. The van der Waals surface area contributed by atoms with Crippen molar-refractivity contribution >= 4 is 59.4 Å². The van der Waals surface area contributed by atoms with Crippen molar-refractivity contribution in [3.05, 3.63) is 59.7 Å². The smallest absolute Gasteiger partial charge is 0.317 e. The van der Waals surface area contributed by atoms with Crippen LogP contribution in [-0.2, 0) is 37.5 Å². The third-order valence-corrected chi connectivity index (χ3v) is 33.2. The zero-order chi connectivity index (χ0) is 36.0. The van der Waals surface area contributed by atoms with E-state index in [4.69, 9.17) is 24.7 Å². The number of para-hydroxylation sites is 2. The molecule has 0 aliphatic heterocycles. The third kappa shape index (κ3) is 16.7. The van der Waals surface area contributed by atoms with E-state index in [1.165, 1.54) is 0 Å². The summed E-state index contributed by atoms with van der Waals surface area (Å²) in [7, 11) is -17.3. The van der Waals surface area contributed by atoms with E-state index in [9.17, 15) is 10.2 Å². The number of phenols is 2. The Hall–Kier alpha value is -0.682. The standard InChI is InChI=1S/C32H64O8Si7/c1-41(2,3)35-43(7,8)37-44(9,10)38-45(11,12)39-47(14,28-20-24-30-22-16-18-26-32(30)34)40-46(13,36-42(4,5)6)27-19-23-29-21-15-17-25-31(29)33/h15-18,21-22,25-26,33-34H,19-20,23-24,27-28H2,1-14H3. The Morgan fingerprint density at radius 1 is 0.426 bits per heavy atom. The van der Waals surface area contributed by atoms with Gasteiger partial charge in [0.25, 0.3) is 0 Å². The molecule has 0 spiro atoms. The largest absolute Gasteiger partial charge is 0.508 e. The molecule has 0 bridgehead atoms. The summed E-state index contributed by atoms with van der Waals surface area (Å²) in [4.78, 5) is 0. The summed E-state index contributed by atoms with van der Waals surface area (Å²) in [5.74, 6) is 0.647. The number of rotatable bonds is 20. The average molecular weight is 773 g/mol. The van der Waals surface area contributed by atoms with Crippen molar-refractivity contribution in [1.82, 2.24) is 0 Å². The number of benzene rings is 2. The summed E-state index contributed by atoms with van der Waals surface area (Å²) in [5.41, 5.74) is 1.86. The van der Waals surface area contributed by atoms with E-state index in [1.54, 1.807) is 12.1 Å². The highest BCUT2D eigenvalue weighted by atomic mass is 28.5. The maximum absolute atomic E-state index is 10.4. The van der Waals surface area contributed by atoms with Gasteiger partial charge in [0.15, 0.2) is 16.6 Å². The Balaban J connectivity index is 2.35. The van der Waals surface area contributed by atoms with Crippen molar-refractivity contribution in [2.24, 2.45) is 0 Å². The van der Waals surface area contributed by atoms with Crippen molar-refractivity contribution in [3.8, 4) is 11.5 Å². The molecule has 0 saturated heterocycles. The molecule has 268 valence electrons. The molecule has 0 aliphatic carbocycles. The van der Waals surface area contributed by atoms with E-state index in [1.807, 2.05) is 36.4 Å². The number of hydrogen-bond acceptors (Lipinski definition) is 8. The van der Waals surface area contributed by atoms with Crippen LogP contribution in [0.1, 0.15) is 24.0 Å². The highest BCUT2D eigenvalue weighted by Gasteiger charge is 2.50. The van der Waals surface area contributed by atoms with Gasteiger partial charge in [0, 0.05) is 0 Å². The van der Waals surface area contributed by atoms with Gasteiger partial charge in [-0.2, -0.15) is 0 Å². The van der Waals surface area contributed by atoms with Crippen LogP contribution < -0.4 is 0 Å². The molecule has 2 N–H and O–H groups in total. The first-order chi connectivity index (χ1) is 21.2. The van der Waals surface area contributed by atoms with E-state index in [0.717, 1.165) is 48.9 Å². The molecule has 0 aliphatic rings. The second-order valence-electron chi connectivity index (χ2n) is 16.3. The molecule has 2 unspecified atom stereocenters. The first-order valence-electron chi connectivity index (χ1n) is 17.0. The maximum Gasteiger partial charge on any atom is 0.317 e. The fourth-order valence-corrected chi connectivity index (χ4v) is 40.8. The predicted molar refractivity (Wildman–Crippen MR) is 211 cm³/mol. The second-order valence-corrected chi connectivity index (χ2v) is 43.6. The van der Waals surface area contributed by atoms with Gasteiger partial charge in [-0.1, -0.05) is 36.4 Å². The third-order valence-electron chi connectivity index (χ3n) is 7.09. The zero-order valence-corrected chi connectivity index (χ0v) is 38.7. The van der Waals surface area contributed by atoms with Gasteiger partial charge < -0.3 is 34.9 Å². The SMILES string of the molecule is C[Si](C)(C)O[Si](C)(C)O[Si](C)(C)O[Si](C)(C)O[Si](C)(CCCc1ccccc1O)O[Si](C)(CCCc1ccccc1O)O[Si](C)(C)C. The molecule has 2 rings (SSSR count). The van der Waals surface area contributed by atoms with Crippen LogP contribution in [0.3, 0.4) is 0 Å². The molecule has 8 nitrogen and oxygen atoms in total. The number of aromatic hydroxyl groups is 2. The molecular weight excluding hydrogens is 709 g/mol. The Labute approximate surface area is 293 Å². The van der Waals surface area contributed by atoms with E-state index >= 15 is 0 Å². The molecule has 15 heteroatoms. The average Bonchev–Trinajstić information content (AvgIpc) is 2.81. The lowest BCUT2D eigenvalue weighted by molar-refractivity contribution is 0.264. The summed E-state index contributed by atoms with van der Waals surface area (Å²) in [6.45, 7) is 30.2. The second kappa shape index (κ2) is 16.6. The van der Waals surface area contributed by atoms with Crippen LogP contribution in [-0.4, -0.2) is 69.7 Å². The monoisotopic (exact) mass is 772 g/mol. The lowest BCUT2D eigenvalue weighted by atomic mass is 10.1. The Morgan fingerprint density at radius 2 is 0.766 bits per heavy atom. The van der Waals surface area contributed by atoms with Crippen molar-refractivity contribution < 1.29 is 34.9 Å². The minimum absolute atomic E-state index is 0.318. The van der Waals surface area contributed by atoms with E-state index in [0.29, 0.717) is 11.5 Å². The first-order valence-corrected chi connectivity index (χ1v) is 37.3. The highest BCUT2D eigenvalue weighted by molar-refractivity contribution is 6.92. The Morgan fingerprint density at radius 3 is 1.15 bits per heavy atom. The van der Waals surface area contributed by atoms with E-state index in [2.05, 4.69) is 91.7 Å². The minimum atomic E-state index is -2.91. The van der Waals surface area contributed by atoms with Gasteiger partial charge >= 0.3 is 42.8 Å². The van der Waals surface area contributed by atoms with Crippen molar-refractivity contribution in [1.29, 1.82) is 0 Å². The van der Waals surface area contributed by atoms with Gasteiger partial charge in [0.2, 0.25) is 0 Å². The van der Waals surface area contributed by atoms with Crippen molar-refractivity contribution in [3.63, 3.8) is 0 Å². The van der Waals surface area contributed by atoms with Gasteiger partial charge in [-0.15, -0.1) is 0 Å². The first kappa shape index (κ1) is 42.5. The van der Waals surface area contributed by atoms with Gasteiger partial charge in [0.1, 0.15) is 11.5 Å². The fourth-order valence-electron chi connectivity index (χ4n) is 6.50. The Kier molecular flexibility index (Phi) is 15.0. The quantitative estimate of drug-likeness (QED) is 0.129. The van der Waals surface area contributed by atoms with Crippen molar-refractivity contribution in [2.75, 3.05) is 0 Å². The highest BCUT2D eigenvalue weighted by Crippen LogP contribution is 2.34. The molecule has 0 heterocycles. The van der Waals surface area contributed by atoms with Gasteiger partial charge in [-0.05, 0) is 153 Å². The van der Waals surface area contributed by atoms with E-state index in [-0.39, 0.29) is 0 Å². The summed E-state index contributed by atoms with van der Waals surface area (Å²) < 4.78 is 41.6. The summed E-state index contributed by atoms with van der Waals surface area (Å²) in [5, 5.41) is 20.8. The molecule has 47 heavy (non-hydrogen) atoms. The topological polar surface area (TPSA) is 95.8 Å². The Bertz CT molecular complexity index is 1280. The molecule has 0 radical (unpaired) electrons. The van der Waals surface area contributed by atoms with Crippen LogP contribution in [0.15, 0.2) is 48.5 Å². The van der Waals surface area contributed by atoms with Crippen LogP contribution >= 0.6 is 0 Å². The normalized spacial score (nSPS) is 16.1. The lowest BCUT2D eigenvalue weighted by Crippen LogP contribution is -2.62. The molecule has 2 aromatic rings. The van der Waals surface area contributed by atoms with E-state index < -0.39 is 59.4 Å². The van der Waals surface area contributed by atoms with Crippen LogP contribution in [0.25, 0.3) is 0 Å². The van der Waals surface area contributed by atoms with Crippen LogP contribution in [0, 0.1) is 0 Å². The number of hydrogen-bond donors (Lipinski definition) is 2. The molecule has 2 aromatic carbocycles. The lowest BCUT2D eigenvalue weighted by Gasteiger charge is -2.45. The molecule has 0 saturated carbocycles. The summed E-state index contributed by atoms with van der Waals surface area (Å²) in [6.07, 6.45) is 3.12. The number of phenolic OH excluding ortho intramolecular Hbond substituents is 2. The van der Waals surface area contributed by atoms with Gasteiger partial charge in [-0.25, -0.2) is 0 Å². The fraction of sp³-hybridized carbons (Fsp3) is 0.625. The number of aryl methyl sites for hydroxylation is 2. The van der Waals surface area contributed by atoms with Crippen LogP contribution in [0.2, 0.25) is 104 Å². The summed E-state index contributed by atoms with van der Waals surface area (Å²) >= 11 is 0. The van der Waals surface area contributed by atoms with Crippen molar-refractivity contribution in [2.45, 2.75) is 129 Å². The van der Waals surface area contributed by atoms with Gasteiger partial charge in [-0.3, -0.25) is 0 Å². The van der Waals surface area contributed by atoms with Gasteiger partial charge in [0.05, 0.1) is 0 Å². The molecule has 0 aromatic heterocycles. The van der Waals surface area contributed by atoms with Crippen LogP contribution in [0.5, 0.6) is 11.5 Å². The molecule has 0 amide bonds. The zero-order valence-electron chi connectivity index (χ0n) is 31.7. The summed E-state index contributed by atoms with van der Waals surface area (Å²) in [6, 6.07) is 16.6. The minimum Gasteiger partial charge on any atom is -0.508 e. The predicted octanol–water partition coefficient (Wildman–Crippen LogP) is 9.68. The molecule has 0 fully saturated rings.